The molecule has 0 amide bonds. The average Bonchev–Trinajstić information content (AvgIpc) is 3.02. The minimum atomic E-state index is 0.468. The topological polar surface area (TPSA) is 34.1 Å². The van der Waals surface area contributed by atoms with Crippen LogP contribution in [0.4, 0.5) is 5.82 Å². The summed E-state index contributed by atoms with van der Waals surface area (Å²) in [5, 5.41) is 3.44. The molecule has 0 spiro atoms. The van der Waals surface area contributed by atoms with Gasteiger partial charge in [0.1, 0.15) is 0 Å². The third-order valence-corrected chi connectivity index (χ3v) is 2.98. The molecule has 1 fully saturated rings. The summed E-state index contributed by atoms with van der Waals surface area (Å²) in [5.74, 6) is 2.63. The van der Waals surface area contributed by atoms with E-state index >= 15 is 0 Å². The second kappa shape index (κ2) is 4.73. The van der Waals surface area contributed by atoms with Crippen LogP contribution in [-0.4, -0.2) is 18.1 Å². The average molecular weight is 220 g/mol. The summed E-state index contributed by atoms with van der Waals surface area (Å²) in [4.78, 5) is 4.48. The molecule has 88 valence electrons. The standard InChI is InChI=1S/C13H20N2O/c1-9-4-7-12(16-3)13(14-9)15-10(2)8-11-5-6-11/h4,7,10-11H,5-6,8H2,1-3H3,(H,14,15). The van der Waals surface area contributed by atoms with Crippen LogP contribution in [0.3, 0.4) is 0 Å². The van der Waals surface area contributed by atoms with Gasteiger partial charge in [-0.25, -0.2) is 4.98 Å². The molecule has 1 unspecified atom stereocenters. The van der Waals surface area contributed by atoms with E-state index in [-0.39, 0.29) is 0 Å². The number of hydrogen-bond acceptors (Lipinski definition) is 3. The smallest absolute Gasteiger partial charge is 0.169 e. The Kier molecular flexibility index (Phi) is 3.32. The predicted octanol–water partition coefficient (Wildman–Crippen LogP) is 3.00. The Morgan fingerprint density at radius 2 is 2.25 bits per heavy atom. The van der Waals surface area contributed by atoms with E-state index in [0.29, 0.717) is 6.04 Å². The number of rotatable bonds is 5. The molecule has 0 aliphatic heterocycles. The fourth-order valence-electron chi connectivity index (χ4n) is 1.96. The Hall–Kier alpha value is -1.25. The molecule has 16 heavy (non-hydrogen) atoms. The van der Waals surface area contributed by atoms with Crippen LogP contribution in [0.5, 0.6) is 5.75 Å². The maximum absolute atomic E-state index is 5.30. The summed E-state index contributed by atoms with van der Waals surface area (Å²) in [6.07, 6.45) is 4.02. The van der Waals surface area contributed by atoms with Gasteiger partial charge >= 0.3 is 0 Å². The van der Waals surface area contributed by atoms with Crippen molar-refractivity contribution < 1.29 is 4.74 Å². The normalized spacial score (nSPS) is 16.9. The molecule has 2 rings (SSSR count). The summed E-state index contributed by atoms with van der Waals surface area (Å²) < 4.78 is 5.30. The molecule has 1 N–H and O–H groups in total. The highest BCUT2D eigenvalue weighted by atomic mass is 16.5. The lowest BCUT2D eigenvalue weighted by molar-refractivity contribution is 0.414. The van der Waals surface area contributed by atoms with Crippen molar-refractivity contribution in [1.29, 1.82) is 0 Å². The highest BCUT2D eigenvalue weighted by Gasteiger charge is 2.24. The Bertz CT molecular complexity index is 361. The van der Waals surface area contributed by atoms with E-state index in [1.165, 1.54) is 19.3 Å². The van der Waals surface area contributed by atoms with E-state index in [2.05, 4.69) is 17.2 Å². The van der Waals surface area contributed by atoms with Gasteiger partial charge in [-0.05, 0) is 38.3 Å². The van der Waals surface area contributed by atoms with Crippen LogP contribution < -0.4 is 10.1 Å². The van der Waals surface area contributed by atoms with Crippen molar-refractivity contribution in [1.82, 2.24) is 4.98 Å². The first-order chi connectivity index (χ1) is 7.69. The molecule has 3 heteroatoms. The van der Waals surface area contributed by atoms with Crippen molar-refractivity contribution in [3.8, 4) is 5.75 Å². The fraction of sp³-hybridized carbons (Fsp3) is 0.615. The van der Waals surface area contributed by atoms with Gasteiger partial charge in [0.15, 0.2) is 11.6 Å². The van der Waals surface area contributed by atoms with Crippen LogP contribution in [-0.2, 0) is 0 Å². The van der Waals surface area contributed by atoms with Crippen molar-refractivity contribution in [2.75, 3.05) is 12.4 Å². The molecule has 3 nitrogen and oxygen atoms in total. The van der Waals surface area contributed by atoms with Crippen molar-refractivity contribution in [3.63, 3.8) is 0 Å². The monoisotopic (exact) mass is 220 g/mol. The van der Waals surface area contributed by atoms with Gasteiger partial charge in [0, 0.05) is 11.7 Å². The lowest BCUT2D eigenvalue weighted by Crippen LogP contribution is -2.17. The molecule has 1 atom stereocenters. The summed E-state index contributed by atoms with van der Waals surface area (Å²) >= 11 is 0. The van der Waals surface area contributed by atoms with Gasteiger partial charge in [0.05, 0.1) is 7.11 Å². The van der Waals surface area contributed by atoms with Crippen LogP contribution in [0.1, 0.15) is 31.9 Å². The van der Waals surface area contributed by atoms with Gasteiger partial charge in [-0.15, -0.1) is 0 Å². The molecule has 1 heterocycles. The lowest BCUT2D eigenvalue weighted by atomic mass is 10.1. The van der Waals surface area contributed by atoms with Crippen LogP contribution in [0.2, 0.25) is 0 Å². The third-order valence-electron chi connectivity index (χ3n) is 2.98. The second-order valence-corrected chi connectivity index (χ2v) is 4.73. The highest BCUT2D eigenvalue weighted by Crippen LogP contribution is 2.34. The van der Waals surface area contributed by atoms with Gasteiger partial charge in [-0.3, -0.25) is 0 Å². The first-order valence-corrected chi connectivity index (χ1v) is 5.97. The zero-order valence-electron chi connectivity index (χ0n) is 10.3. The maximum Gasteiger partial charge on any atom is 0.169 e. The molecular weight excluding hydrogens is 200 g/mol. The number of anilines is 1. The van der Waals surface area contributed by atoms with E-state index in [1.807, 2.05) is 19.1 Å². The third kappa shape index (κ3) is 2.87. The molecule has 1 aromatic rings. The van der Waals surface area contributed by atoms with E-state index in [4.69, 9.17) is 4.74 Å². The lowest BCUT2D eigenvalue weighted by Gasteiger charge is -2.16. The number of methoxy groups -OCH3 is 1. The summed E-state index contributed by atoms with van der Waals surface area (Å²) in [7, 11) is 1.68. The van der Waals surface area contributed by atoms with Crippen molar-refractivity contribution >= 4 is 5.82 Å². The Balaban J connectivity index is 2.02. The number of aromatic nitrogens is 1. The van der Waals surface area contributed by atoms with Gasteiger partial charge in [-0.1, -0.05) is 12.8 Å². The number of hydrogen-bond donors (Lipinski definition) is 1. The summed E-state index contributed by atoms with van der Waals surface area (Å²) in [6, 6.07) is 4.40. The molecule has 0 bridgehead atoms. The molecule has 1 saturated carbocycles. The Morgan fingerprint density at radius 1 is 1.50 bits per heavy atom. The van der Waals surface area contributed by atoms with Crippen LogP contribution >= 0.6 is 0 Å². The van der Waals surface area contributed by atoms with E-state index in [0.717, 1.165) is 23.2 Å². The zero-order valence-corrected chi connectivity index (χ0v) is 10.3. The molecule has 0 saturated heterocycles. The minimum absolute atomic E-state index is 0.468. The minimum Gasteiger partial charge on any atom is -0.493 e. The van der Waals surface area contributed by atoms with Gasteiger partial charge in [0.25, 0.3) is 0 Å². The van der Waals surface area contributed by atoms with E-state index < -0.39 is 0 Å². The van der Waals surface area contributed by atoms with Gasteiger partial charge in [-0.2, -0.15) is 0 Å². The van der Waals surface area contributed by atoms with Crippen LogP contribution in [0.25, 0.3) is 0 Å². The van der Waals surface area contributed by atoms with Gasteiger partial charge in [0.2, 0.25) is 0 Å². The second-order valence-electron chi connectivity index (χ2n) is 4.73. The highest BCUT2D eigenvalue weighted by molar-refractivity contribution is 5.51. The molecule has 0 radical (unpaired) electrons. The number of nitrogens with one attached hydrogen (secondary N) is 1. The number of nitrogens with zero attached hydrogens (tertiary/aromatic N) is 1. The molecule has 1 aliphatic rings. The van der Waals surface area contributed by atoms with Gasteiger partial charge < -0.3 is 10.1 Å². The van der Waals surface area contributed by atoms with Crippen LogP contribution in [0, 0.1) is 12.8 Å². The predicted molar refractivity (Wildman–Crippen MR) is 66.0 cm³/mol. The largest absolute Gasteiger partial charge is 0.493 e. The fourth-order valence-corrected chi connectivity index (χ4v) is 1.96. The van der Waals surface area contributed by atoms with Crippen molar-refractivity contribution in [2.45, 2.75) is 39.2 Å². The number of pyridine rings is 1. The van der Waals surface area contributed by atoms with E-state index in [1.54, 1.807) is 7.11 Å². The van der Waals surface area contributed by atoms with Crippen molar-refractivity contribution in [3.05, 3.63) is 17.8 Å². The summed E-state index contributed by atoms with van der Waals surface area (Å²) in [5.41, 5.74) is 1.02. The number of aryl methyl sites for hydroxylation is 1. The molecule has 1 aromatic heterocycles. The Labute approximate surface area is 97.2 Å². The SMILES string of the molecule is COc1ccc(C)nc1NC(C)CC1CC1. The zero-order chi connectivity index (χ0) is 11.5. The quantitative estimate of drug-likeness (QED) is 0.828. The summed E-state index contributed by atoms with van der Waals surface area (Å²) in [6.45, 7) is 4.21. The van der Waals surface area contributed by atoms with E-state index in [9.17, 15) is 0 Å². The molecule has 1 aliphatic carbocycles. The Morgan fingerprint density at radius 3 is 2.88 bits per heavy atom. The maximum atomic E-state index is 5.30. The first kappa shape index (κ1) is 11.2. The van der Waals surface area contributed by atoms with Crippen molar-refractivity contribution in [2.24, 2.45) is 5.92 Å². The molecule has 0 aromatic carbocycles. The first-order valence-electron chi connectivity index (χ1n) is 5.97. The van der Waals surface area contributed by atoms with Crippen LogP contribution in [0.15, 0.2) is 12.1 Å². The molecular formula is C13H20N2O. The number of ether oxygens (including phenoxy) is 1.